The lowest BCUT2D eigenvalue weighted by molar-refractivity contribution is -0.118. The number of rotatable bonds is 4. The van der Waals surface area contributed by atoms with E-state index in [0.717, 1.165) is 31.4 Å². The molecule has 1 heterocycles. The lowest BCUT2D eigenvalue weighted by atomic mass is 9.91. The van der Waals surface area contributed by atoms with Crippen molar-refractivity contribution >= 4 is 11.6 Å². The smallest absolute Gasteiger partial charge is 0.239 e. The molecule has 0 bridgehead atoms. The Kier molecular flexibility index (Phi) is 3.63. The predicted molar refractivity (Wildman–Crippen MR) is 65.3 cm³/mol. The van der Waals surface area contributed by atoms with Crippen LogP contribution in [0.15, 0.2) is 12.4 Å². The van der Waals surface area contributed by atoms with E-state index >= 15 is 0 Å². The van der Waals surface area contributed by atoms with Crippen LogP contribution in [0.2, 0.25) is 0 Å². The molecule has 1 fully saturated rings. The third kappa shape index (κ3) is 3.45. The molecule has 1 saturated carbocycles. The molecular weight excluding hydrogens is 218 g/mol. The fourth-order valence-corrected chi connectivity index (χ4v) is 2.28. The third-order valence-corrected chi connectivity index (χ3v) is 3.04. The average Bonchev–Trinajstić information content (AvgIpc) is 2.64. The van der Waals surface area contributed by atoms with Crippen LogP contribution in [-0.2, 0) is 11.3 Å². The van der Waals surface area contributed by atoms with Crippen molar-refractivity contribution in [1.82, 2.24) is 9.78 Å². The van der Waals surface area contributed by atoms with Crippen molar-refractivity contribution in [2.75, 3.05) is 5.32 Å². The molecular formula is C11H19N5O. The van der Waals surface area contributed by atoms with Gasteiger partial charge >= 0.3 is 0 Å². The molecule has 2 rings (SSSR count). The van der Waals surface area contributed by atoms with Gasteiger partial charge in [0, 0.05) is 18.3 Å². The minimum absolute atomic E-state index is 0.117. The van der Waals surface area contributed by atoms with Gasteiger partial charge in [0.1, 0.15) is 6.54 Å². The SMILES string of the molecule is NC(=O)Cn1cc(NC2CCCC(N)C2)cn1. The number of hydrogen-bond donors (Lipinski definition) is 3. The highest BCUT2D eigenvalue weighted by atomic mass is 16.1. The van der Waals surface area contributed by atoms with E-state index in [2.05, 4.69) is 10.4 Å². The zero-order valence-corrected chi connectivity index (χ0v) is 9.80. The van der Waals surface area contributed by atoms with Crippen LogP contribution < -0.4 is 16.8 Å². The Morgan fingerprint density at radius 2 is 2.41 bits per heavy atom. The van der Waals surface area contributed by atoms with E-state index in [1.54, 1.807) is 12.4 Å². The Bertz CT molecular complexity index is 389. The van der Waals surface area contributed by atoms with Crippen molar-refractivity contribution < 1.29 is 4.79 Å². The zero-order chi connectivity index (χ0) is 12.3. The highest BCUT2D eigenvalue weighted by molar-refractivity contribution is 5.73. The number of nitrogens with two attached hydrogens (primary N) is 2. The van der Waals surface area contributed by atoms with E-state index in [-0.39, 0.29) is 12.5 Å². The van der Waals surface area contributed by atoms with E-state index < -0.39 is 0 Å². The van der Waals surface area contributed by atoms with Crippen molar-refractivity contribution in [3.63, 3.8) is 0 Å². The number of hydrogen-bond acceptors (Lipinski definition) is 4. The third-order valence-electron chi connectivity index (χ3n) is 3.04. The zero-order valence-electron chi connectivity index (χ0n) is 9.80. The van der Waals surface area contributed by atoms with E-state index in [0.29, 0.717) is 12.1 Å². The minimum Gasteiger partial charge on any atom is -0.380 e. The summed E-state index contributed by atoms with van der Waals surface area (Å²) in [6, 6.07) is 0.701. The number of nitrogens with one attached hydrogen (secondary N) is 1. The summed E-state index contributed by atoms with van der Waals surface area (Å²) in [6.45, 7) is 0.117. The normalized spacial score (nSPS) is 24.5. The molecule has 1 aromatic heterocycles. The number of nitrogens with zero attached hydrogens (tertiary/aromatic N) is 2. The highest BCUT2D eigenvalue weighted by Gasteiger charge is 2.19. The van der Waals surface area contributed by atoms with Gasteiger partial charge in [0.2, 0.25) is 5.91 Å². The highest BCUT2D eigenvalue weighted by Crippen LogP contribution is 2.20. The molecule has 17 heavy (non-hydrogen) atoms. The van der Waals surface area contributed by atoms with Gasteiger partial charge in [-0.25, -0.2) is 0 Å². The first kappa shape index (κ1) is 11.9. The molecule has 0 spiro atoms. The second kappa shape index (κ2) is 5.18. The van der Waals surface area contributed by atoms with Crippen LogP contribution >= 0.6 is 0 Å². The number of amides is 1. The van der Waals surface area contributed by atoms with Crippen molar-refractivity contribution in [3.05, 3.63) is 12.4 Å². The second-order valence-corrected chi connectivity index (χ2v) is 4.66. The molecule has 1 aliphatic carbocycles. The van der Waals surface area contributed by atoms with Gasteiger partial charge in [0.05, 0.1) is 11.9 Å². The van der Waals surface area contributed by atoms with E-state index in [1.165, 1.54) is 4.68 Å². The number of anilines is 1. The minimum atomic E-state index is -0.390. The molecule has 1 aliphatic rings. The van der Waals surface area contributed by atoms with Gasteiger partial charge in [-0.05, 0) is 25.7 Å². The summed E-state index contributed by atoms with van der Waals surface area (Å²) in [5.74, 6) is -0.390. The maximum Gasteiger partial charge on any atom is 0.239 e. The van der Waals surface area contributed by atoms with Crippen LogP contribution in [0.5, 0.6) is 0 Å². The molecule has 0 aromatic carbocycles. The summed E-state index contributed by atoms with van der Waals surface area (Å²) in [4.78, 5) is 10.7. The van der Waals surface area contributed by atoms with Crippen molar-refractivity contribution in [3.8, 4) is 0 Å². The number of aromatic nitrogens is 2. The maximum absolute atomic E-state index is 10.7. The van der Waals surface area contributed by atoms with Gasteiger partial charge in [0.15, 0.2) is 0 Å². The van der Waals surface area contributed by atoms with Crippen molar-refractivity contribution in [1.29, 1.82) is 0 Å². The van der Waals surface area contributed by atoms with Crippen LogP contribution in [-0.4, -0.2) is 27.8 Å². The number of primary amides is 1. The monoisotopic (exact) mass is 237 g/mol. The molecule has 2 atom stereocenters. The van der Waals surface area contributed by atoms with Gasteiger partial charge in [0.25, 0.3) is 0 Å². The molecule has 0 radical (unpaired) electrons. The van der Waals surface area contributed by atoms with Gasteiger partial charge in [-0.2, -0.15) is 5.10 Å². The van der Waals surface area contributed by atoms with Crippen LogP contribution in [0.1, 0.15) is 25.7 Å². The summed E-state index contributed by atoms with van der Waals surface area (Å²) in [5.41, 5.74) is 11.9. The number of carbonyl (C=O) groups excluding carboxylic acids is 1. The maximum atomic E-state index is 10.7. The lowest BCUT2D eigenvalue weighted by Gasteiger charge is -2.27. The summed E-state index contributed by atoms with van der Waals surface area (Å²) in [6.07, 6.45) is 7.90. The molecule has 6 heteroatoms. The standard InChI is InChI=1S/C11H19N5O/c12-8-2-1-3-9(4-8)15-10-5-14-16(6-10)7-11(13)17/h5-6,8-9,15H,1-4,7,12H2,(H2,13,17). The Balaban J connectivity index is 1.89. The topological polar surface area (TPSA) is 99.0 Å². The van der Waals surface area contributed by atoms with Crippen LogP contribution in [0.3, 0.4) is 0 Å². The Hall–Kier alpha value is -1.56. The summed E-state index contributed by atoms with van der Waals surface area (Å²) in [7, 11) is 0. The molecule has 94 valence electrons. The summed E-state index contributed by atoms with van der Waals surface area (Å²) < 4.78 is 1.54. The quantitative estimate of drug-likeness (QED) is 0.689. The fourth-order valence-electron chi connectivity index (χ4n) is 2.28. The summed E-state index contributed by atoms with van der Waals surface area (Å²) >= 11 is 0. The van der Waals surface area contributed by atoms with Gasteiger partial charge in [-0.3, -0.25) is 9.48 Å². The van der Waals surface area contributed by atoms with Gasteiger partial charge in [-0.15, -0.1) is 0 Å². The van der Waals surface area contributed by atoms with E-state index in [9.17, 15) is 4.79 Å². The van der Waals surface area contributed by atoms with Crippen molar-refractivity contribution in [2.45, 2.75) is 44.3 Å². The second-order valence-electron chi connectivity index (χ2n) is 4.66. The largest absolute Gasteiger partial charge is 0.380 e. The Morgan fingerprint density at radius 1 is 1.59 bits per heavy atom. The van der Waals surface area contributed by atoms with Crippen LogP contribution in [0.25, 0.3) is 0 Å². The molecule has 0 aliphatic heterocycles. The molecule has 6 nitrogen and oxygen atoms in total. The number of carbonyl (C=O) groups is 1. The average molecular weight is 237 g/mol. The van der Waals surface area contributed by atoms with Gasteiger partial charge in [-0.1, -0.05) is 0 Å². The molecule has 1 aromatic rings. The van der Waals surface area contributed by atoms with E-state index in [1.807, 2.05) is 0 Å². The van der Waals surface area contributed by atoms with Gasteiger partial charge < -0.3 is 16.8 Å². The molecule has 5 N–H and O–H groups in total. The van der Waals surface area contributed by atoms with E-state index in [4.69, 9.17) is 11.5 Å². The molecule has 0 saturated heterocycles. The van der Waals surface area contributed by atoms with Crippen LogP contribution in [0, 0.1) is 0 Å². The first-order valence-corrected chi connectivity index (χ1v) is 5.96. The fraction of sp³-hybridized carbons (Fsp3) is 0.636. The summed E-state index contributed by atoms with van der Waals surface area (Å²) in [5, 5.41) is 7.45. The first-order valence-electron chi connectivity index (χ1n) is 5.96. The Morgan fingerprint density at radius 3 is 3.12 bits per heavy atom. The molecule has 2 unspecified atom stereocenters. The van der Waals surface area contributed by atoms with Crippen molar-refractivity contribution in [2.24, 2.45) is 11.5 Å². The Labute approximate surface area is 100 Å². The predicted octanol–water partition coefficient (Wildman–Crippen LogP) is 0.0502. The van der Waals surface area contributed by atoms with Crippen LogP contribution in [0.4, 0.5) is 5.69 Å². The molecule has 1 amide bonds. The first-order chi connectivity index (χ1) is 8.13. The lowest BCUT2D eigenvalue weighted by Crippen LogP contribution is -2.34.